The third kappa shape index (κ3) is 3.16. The fourth-order valence-electron chi connectivity index (χ4n) is 2.15. The molecule has 116 valence electrons. The lowest BCUT2D eigenvalue weighted by atomic mass is 10.3. The van der Waals surface area contributed by atoms with Crippen molar-refractivity contribution in [2.24, 2.45) is 0 Å². The Morgan fingerprint density at radius 1 is 1.24 bits per heavy atom. The van der Waals surface area contributed by atoms with E-state index >= 15 is 0 Å². The molecule has 2 aromatic heterocycles. The van der Waals surface area contributed by atoms with Crippen LogP contribution in [0.15, 0.2) is 17.3 Å². The summed E-state index contributed by atoms with van der Waals surface area (Å²) >= 11 is 0. The number of aryl methyl sites for hydroxylation is 3. The van der Waals surface area contributed by atoms with Crippen molar-refractivity contribution in [3.8, 4) is 0 Å². The smallest absolute Gasteiger partial charge is 0.244 e. The number of hydrogen-bond donors (Lipinski definition) is 1. The van der Waals surface area contributed by atoms with Gasteiger partial charge in [-0.15, -0.1) is 0 Å². The van der Waals surface area contributed by atoms with E-state index in [4.69, 9.17) is 0 Å². The van der Waals surface area contributed by atoms with Crippen molar-refractivity contribution in [3.05, 3.63) is 29.3 Å². The Hall–Kier alpha value is -1.67. The zero-order chi connectivity index (χ0) is 15.6. The van der Waals surface area contributed by atoms with Gasteiger partial charge in [0, 0.05) is 37.1 Å². The first-order valence-corrected chi connectivity index (χ1v) is 8.42. The summed E-state index contributed by atoms with van der Waals surface area (Å²) in [7, 11) is -3.56. The van der Waals surface area contributed by atoms with Crippen molar-refractivity contribution in [2.75, 3.05) is 0 Å². The zero-order valence-electron chi connectivity index (χ0n) is 12.8. The van der Waals surface area contributed by atoms with Crippen LogP contribution in [0.2, 0.25) is 0 Å². The van der Waals surface area contributed by atoms with Crippen molar-refractivity contribution >= 4 is 10.0 Å². The number of sulfonamides is 1. The zero-order valence-corrected chi connectivity index (χ0v) is 13.6. The molecular formula is C13H21N5O2S. The Balaban J connectivity index is 2.17. The molecule has 8 heteroatoms. The third-order valence-electron chi connectivity index (χ3n) is 3.47. The number of aromatic nitrogens is 4. The van der Waals surface area contributed by atoms with Crippen molar-refractivity contribution < 1.29 is 8.42 Å². The minimum atomic E-state index is -3.56. The predicted molar refractivity (Wildman–Crippen MR) is 79.3 cm³/mol. The molecule has 0 saturated heterocycles. The highest BCUT2D eigenvalue weighted by Gasteiger charge is 2.20. The van der Waals surface area contributed by atoms with Gasteiger partial charge in [-0.2, -0.15) is 10.2 Å². The third-order valence-corrected chi connectivity index (χ3v) is 4.98. The van der Waals surface area contributed by atoms with Crippen LogP contribution in [0.1, 0.15) is 30.8 Å². The summed E-state index contributed by atoms with van der Waals surface area (Å²) in [4.78, 5) is 0.227. The largest absolute Gasteiger partial charge is 0.271 e. The van der Waals surface area contributed by atoms with Gasteiger partial charge in [-0.1, -0.05) is 0 Å². The maximum atomic E-state index is 12.4. The molecule has 21 heavy (non-hydrogen) atoms. The van der Waals surface area contributed by atoms with Gasteiger partial charge < -0.3 is 0 Å². The first-order valence-electron chi connectivity index (χ1n) is 6.94. The molecule has 0 aromatic carbocycles. The Labute approximate surface area is 125 Å². The van der Waals surface area contributed by atoms with Crippen LogP contribution in [-0.4, -0.2) is 28.0 Å². The fourth-order valence-corrected chi connectivity index (χ4v) is 3.34. The summed E-state index contributed by atoms with van der Waals surface area (Å²) in [6, 6.07) is 0. The van der Waals surface area contributed by atoms with Gasteiger partial charge in [0.05, 0.1) is 11.9 Å². The first kappa shape index (κ1) is 15.7. The van der Waals surface area contributed by atoms with Gasteiger partial charge in [0.15, 0.2) is 0 Å². The number of hydrogen-bond acceptors (Lipinski definition) is 4. The van der Waals surface area contributed by atoms with E-state index in [9.17, 15) is 8.42 Å². The van der Waals surface area contributed by atoms with E-state index in [2.05, 4.69) is 14.9 Å². The molecule has 0 atom stereocenters. The number of rotatable bonds is 6. The highest BCUT2D eigenvalue weighted by atomic mass is 32.2. The lowest BCUT2D eigenvalue weighted by molar-refractivity contribution is 0.580. The second-order valence-corrected chi connectivity index (χ2v) is 6.57. The molecule has 0 radical (unpaired) electrons. The second-order valence-electron chi connectivity index (χ2n) is 4.83. The van der Waals surface area contributed by atoms with Crippen LogP contribution in [0.25, 0.3) is 0 Å². The molecule has 0 aliphatic carbocycles. The maximum Gasteiger partial charge on any atom is 0.244 e. The SMILES string of the molecule is CCn1cc(S(=O)(=O)NCc2cnn(CC)c2C)c(C)n1. The summed E-state index contributed by atoms with van der Waals surface area (Å²) in [6.07, 6.45) is 3.25. The van der Waals surface area contributed by atoms with Crippen LogP contribution >= 0.6 is 0 Å². The van der Waals surface area contributed by atoms with Crippen LogP contribution in [0, 0.1) is 13.8 Å². The molecule has 1 N–H and O–H groups in total. The first-order chi connectivity index (χ1) is 9.89. The summed E-state index contributed by atoms with van der Waals surface area (Å²) in [6.45, 7) is 9.17. The molecule has 0 spiro atoms. The molecule has 7 nitrogen and oxygen atoms in total. The van der Waals surface area contributed by atoms with Gasteiger partial charge in [-0.25, -0.2) is 13.1 Å². The average molecular weight is 311 g/mol. The van der Waals surface area contributed by atoms with E-state index in [0.717, 1.165) is 17.8 Å². The van der Waals surface area contributed by atoms with Crippen LogP contribution in [0.3, 0.4) is 0 Å². The topological polar surface area (TPSA) is 81.8 Å². The number of nitrogens with zero attached hydrogens (tertiary/aromatic N) is 4. The van der Waals surface area contributed by atoms with Gasteiger partial charge in [-0.05, 0) is 27.7 Å². The van der Waals surface area contributed by atoms with E-state index in [0.29, 0.717) is 12.2 Å². The van der Waals surface area contributed by atoms with E-state index in [1.807, 2.05) is 25.5 Å². The summed E-state index contributed by atoms with van der Waals surface area (Å²) in [5.41, 5.74) is 2.35. The van der Waals surface area contributed by atoms with E-state index in [1.54, 1.807) is 24.0 Å². The lowest BCUT2D eigenvalue weighted by Gasteiger charge is -2.06. The molecule has 2 aromatic rings. The molecule has 0 saturated carbocycles. The Morgan fingerprint density at radius 3 is 2.48 bits per heavy atom. The Bertz CT molecular complexity index is 730. The second kappa shape index (κ2) is 5.98. The normalized spacial score (nSPS) is 12.0. The fraction of sp³-hybridized carbons (Fsp3) is 0.538. The summed E-state index contributed by atoms with van der Waals surface area (Å²) in [5.74, 6) is 0. The maximum absolute atomic E-state index is 12.4. The van der Waals surface area contributed by atoms with Crippen molar-refractivity contribution in [3.63, 3.8) is 0 Å². The molecule has 0 aliphatic heterocycles. The van der Waals surface area contributed by atoms with Crippen LogP contribution in [0.4, 0.5) is 0 Å². The molecule has 0 bridgehead atoms. The Kier molecular flexibility index (Phi) is 4.48. The quantitative estimate of drug-likeness (QED) is 0.869. The molecule has 0 unspecified atom stereocenters. The standard InChI is InChI=1S/C13H21N5O2S/c1-5-17-9-13(10(3)16-17)21(19,20)15-8-12-7-14-18(6-2)11(12)4/h7,9,15H,5-6,8H2,1-4H3. The molecule has 0 amide bonds. The minimum Gasteiger partial charge on any atom is -0.271 e. The van der Waals surface area contributed by atoms with Crippen LogP contribution in [-0.2, 0) is 29.7 Å². The van der Waals surface area contributed by atoms with Crippen molar-refractivity contribution in [1.82, 2.24) is 24.3 Å². The van der Waals surface area contributed by atoms with Gasteiger partial charge in [0.1, 0.15) is 4.90 Å². The highest BCUT2D eigenvalue weighted by Crippen LogP contribution is 2.14. The average Bonchev–Trinajstić information content (AvgIpc) is 3.00. The lowest BCUT2D eigenvalue weighted by Crippen LogP contribution is -2.23. The molecule has 2 rings (SSSR count). The van der Waals surface area contributed by atoms with Crippen molar-refractivity contribution in [2.45, 2.75) is 52.2 Å². The van der Waals surface area contributed by atoms with E-state index < -0.39 is 10.0 Å². The predicted octanol–water partition coefficient (Wildman–Crippen LogP) is 1.21. The molecule has 0 aliphatic rings. The number of nitrogens with one attached hydrogen (secondary N) is 1. The van der Waals surface area contributed by atoms with Crippen LogP contribution in [0.5, 0.6) is 0 Å². The van der Waals surface area contributed by atoms with Gasteiger partial charge in [0.25, 0.3) is 0 Å². The molecule has 0 fully saturated rings. The Morgan fingerprint density at radius 2 is 1.95 bits per heavy atom. The summed E-state index contributed by atoms with van der Waals surface area (Å²) < 4.78 is 30.8. The molecule has 2 heterocycles. The monoisotopic (exact) mass is 311 g/mol. The summed E-state index contributed by atoms with van der Waals surface area (Å²) in [5, 5.41) is 8.37. The minimum absolute atomic E-state index is 0.227. The van der Waals surface area contributed by atoms with E-state index in [1.165, 1.54) is 0 Å². The van der Waals surface area contributed by atoms with Crippen molar-refractivity contribution in [1.29, 1.82) is 0 Å². The van der Waals surface area contributed by atoms with Gasteiger partial charge in [0.2, 0.25) is 10.0 Å². The van der Waals surface area contributed by atoms with Gasteiger partial charge in [-0.3, -0.25) is 9.36 Å². The molecular weight excluding hydrogens is 290 g/mol. The van der Waals surface area contributed by atoms with Gasteiger partial charge >= 0.3 is 0 Å². The van der Waals surface area contributed by atoms with E-state index in [-0.39, 0.29) is 11.4 Å². The van der Waals surface area contributed by atoms with Crippen LogP contribution < -0.4 is 4.72 Å². The highest BCUT2D eigenvalue weighted by molar-refractivity contribution is 7.89.